The molecule has 0 unspecified atom stereocenters. The molecule has 2 aliphatic carbocycles. The molecule has 0 aromatic heterocycles. The van der Waals surface area contributed by atoms with Gasteiger partial charge in [0.1, 0.15) is 5.78 Å². The molecule has 0 amide bonds. The molecule has 0 heterocycles. The second-order valence-corrected chi connectivity index (χ2v) is 4.77. The Morgan fingerprint density at radius 1 is 0.667 bits per heavy atom. The van der Waals surface area contributed by atoms with Crippen molar-refractivity contribution in [2.45, 2.75) is 25.7 Å². The number of hydrogen-bond acceptors (Lipinski definition) is 3. The molecule has 0 fully saturated rings. The number of fused-ring (bicyclic) bond motifs is 2. The molecule has 3 rings (SSSR count). The molecule has 0 spiro atoms. The van der Waals surface area contributed by atoms with Crippen LogP contribution in [0.3, 0.4) is 0 Å². The number of Topliss-reactive ketones (excluding diaryl/α,β-unsaturated/α-hetero) is 1. The molecule has 0 aliphatic heterocycles. The minimum Gasteiger partial charge on any atom is -0.300 e. The highest BCUT2D eigenvalue weighted by Crippen LogP contribution is 2.26. The first kappa shape index (κ1) is 11.1. The highest BCUT2D eigenvalue weighted by Gasteiger charge is 2.23. The Morgan fingerprint density at radius 3 is 1.56 bits per heavy atom. The Balaban J connectivity index is 2.14. The minimum atomic E-state index is -0.122. The fraction of sp³-hybridized carbons (Fsp3) is 0.267. The quantitative estimate of drug-likeness (QED) is 0.652. The van der Waals surface area contributed by atoms with E-state index in [1.165, 1.54) is 12.2 Å². The van der Waals surface area contributed by atoms with E-state index in [0.717, 1.165) is 11.1 Å². The predicted molar refractivity (Wildman–Crippen MR) is 65.9 cm³/mol. The van der Waals surface area contributed by atoms with Gasteiger partial charge in [-0.15, -0.1) is 0 Å². The smallest absolute Gasteiger partial charge is 0.186 e. The van der Waals surface area contributed by atoms with Crippen molar-refractivity contribution in [3.63, 3.8) is 0 Å². The summed E-state index contributed by atoms with van der Waals surface area (Å²) in [5.74, 6) is 0.00546. The standard InChI is InChI=1S/C15H12O3/c16-11-3-1-9-7-12-13(8-10(9)2-4-11)15(18)6-5-14(12)17/h5-8H,1-4H2. The second kappa shape index (κ2) is 4.02. The summed E-state index contributed by atoms with van der Waals surface area (Å²) >= 11 is 0. The van der Waals surface area contributed by atoms with Gasteiger partial charge in [0.2, 0.25) is 0 Å². The third kappa shape index (κ3) is 1.72. The van der Waals surface area contributed by atoms with Crippen molar-refractivity contribution in [3.05, 3.63) is 46.5 Å². The van der Waals surface area contributed by atoms with Gasteiger partial charge in [-0.3, -0.25) is 14.4 Å². The van der Waals surface area contributed by atoms with Crippen LogP contribution in [0.15, 0.2) is 24.3 Å². The van der Waals surface area contributed by atoms with E-state index in [4.69, 9.17) is 0 Å². The Bertz CT molecular complexity index is 557. The Labute approximate surface area is 104 Å². The molecule has 3 heteroatoms. The first-order valence-corrected chi connectivity index (χ1v) is 6.09. The largest absolute Gasteiger partial charge is 0.300 e. The zero-order valence-electron chi connectivity index (χ0n) is 9.86. The maximum atomic E-state index is 11.8. The first-order valence-electron chi connectivity index (χ1n) is 6.09. The Morgan fingerprint density at radius 2 is 1.11 bits per heavy atom. The van der Waals surface area contributed by atoms with Gasteiger partial charge in [-0.1, -0.05) is 0 Å². The van der Waals surface area contributed by atoms with Gasteiger partial charge in [-0.25, -0.2) is 0 Å². The molecule has 0 saturated heterocycles. The fourth-order valence-electron chi connectivity index (χ4n) is 2.57. The van der Waals surface area contributed by atoms with Crippen LogP contribution in [0, 0.1) is 0 Å². The average Bonchev–Trinajstić information content (AvgIpc) is 2.55. The van der Waals surface area contributed by atoms with Crippen molar-refractivity contribution in [2.75, 3.05) is 0 Å². The van der Waals surface area contributed by atoms with Crippen molar-refractivity contribution in [2.24, 2.45) is 0 Å². The van der Waals surface area contributed by atoms with Gasteiger partial charge >= 0.3 is 0 Å². The van der Waals surface area contributed by atoms with Crippen LogP contribution in [0.4, 0.5) is 0 Å². The van der Waals surface area contributed by atoms with Crippen LogP contribution < -0.4 is 0 Å². The van der Waals surface area contributed by atoms with Crippen LogP contribution in [-0.2, 0) is 17.6 Å². The molecule has 3 nitrogen and oxygen atoms in total. The normalized spacial score (nSPS) is 18.3. The topological polar surface area (TPSA) is 51.2 Å². The summed E-state index contributed by atoms with van der Waals surface area (Å²) in [6, 6.07) is 3.60. The fourth-order valence-corrected chi connectivity index (χ4v) is 2.57. The highest BCUT2D eigenvalue weighted by molar-refractivity contribution is 6.22. The van der Waals surface area contributed by atoms with E-state index in [1.807, 2.05) is 0 Å². The van der Waals surface area contributed by atoms with E-state index >= 15 is 0 Å². The third-order valence-electron chi connectivity index (χ3n) is 3.60. The lowest BCUT2D eigenvalue weighted by Gasteiger charge is -2.13. The molecule has 0 atom stereocenters. The molecule has 1 aromatic carbocycles. The summed E-state index contributed by atoms with van der Waals surface area (Å²) in [4.78, 5) is 35.0. The lowest BCUT2D eigenvalue weighted by atomic mass is 9.89. The first-order chi connectivity index (χ1) is 8.65. The molecule has 0 saturated carbocycles. The summed E-state index contributed by atoms with van der Waals surface area (Å²) < 4.78 is 0. The lowest BCUT2D eigenvalue weighted by Crippen LogP contribution is -2.13. The number of carbonyl (C=O) groups excluding carboxylic acids is 3. The molecule has 1 aromatic rings. The lowest BCUT2D eigenvalue weighted by molar-refractivity contribution is -0.118. The van der Waals surface area contributed by atoms with E-state index in [0.29, 0.717) is 36.8 Å². The molecule has 0 N–H and O–H groups in total. The van der Waals surface area contributed by atoms with Crippen LogP contribution >= 0.6 is 0 Å². The van der Waals surface area contributed by atoms with Gasteiger partial charge in [0.15, 0.2) is 11.6 Å². The molecule has 0 radical (unpaired) electrons. The van der Waals surface area contributed by atoms with Gasteiger partial charge < -0.3 is 0 Å². The molecule has 90 valence electrons. The average molecular weight is 240 g/mol. The zero-order valence-corrected chi connectivity index (χ0v) is 9.86. The van der Waals surface area contributed by atoms with Crippen molar-refractivity contribution < 1.29 is 14.4 Å². The van der Waals surface area contributed by atoms with Crippen molar-refractivity contribution in [3.8, 4) is 0 Å². The molecule has 2 aliphatic rings. The van der Waals surface area contributed by atoms with Crippen LogP contribution in [0.1, 0.15) is 44.7 Å². The Hall–Kier alpha value is -2.03. The molecular weight excluding hydrogens is 228 g/mol. The maximum absolute atomic E-state index is 11.8. The third-order valence-corrected chi connectivity index (χ3v) is 3.60. The molecule has 0 bridgehead atoms. The highest BCUT2D eigenvalue weighted by atomic mass is 16.1. The van der Waals surface area contributed by atoms with Gasteiger partial charge in [-0.2, -0.15) is 0 Å². The number of allylic oxidation sites excluding steroid dienone is 2. The van der Waals surface area contributed by atoms with Gasteiger partial charge in [0.25, 0.3) is 0 Å². The van der Waals surface area contributed by atoms with Gasteiger partial charge in [-0.05, 0) is 48.3 Å². The summed E-state index contributed by atoms with van der Waals surface area (Å²) in [6.45, 7) is 0. The summed E-state index contributed by atoms with van der Waals surface area (Å²) in [5, 5.41) is 0. The number of hydrogen-bond donors (Lipinski definition) is 0. The number of aryl methyl sites for hydroxylation is 2. The van der Waals surface area contributed by atoms with E-state index < -0.39 is 0 Å². The van der Waals surface area contributed by atoms with E-state index in [1.54, 1.807) is 12.1 Å². The van der Waals surface area contributed by atoms with Crippen molar-refractivity contribution in [1.82, 2.24) is 0 Å². The minimum absolute atomic E-state index is 0.122. The van der Waals surface area contributed by atoms with Crippen LogP contribution in [0.2, 0.25) is 0 Å². The number of carbonyl (C=O) groups is 3. The predicted octanol–water partition coefficient (Wildman–Crippen LogP) is 2.07. The summed E-state index contributed by atoms with van der Waals surface area (Å²) in [7, 11) is 0. The van der Waals surface area contributed by atoms with Crippen molar-refractivity contribution >= 4 is 17.3 Å². The Kier molecular flexibility index (Phi) is 2.47. The van der Waals surface area contributed by atoms with Gasteiger partial charge in [0.05, 0.1) is 0 Å². The van der Waals surface area contributed by atoms with Crippen LogP contribution in [0.5, 0.6) is 0 Å². The summed E-state index contributed by atoms with van der Waals surface area (Å²) in [6.07, 6.45) is 5.05. The maximum Gasteiger partial charge on any atom is 0.186 e. The van der Waals surface area contributed by atoms with E-state index in [2.05, 4.69) is 0 Å². The SMILES string of the molecule is O=C1CCc2cc3c(cc2CC1)C(=O)C=CC3=O. The molecule has 18 heavy (non-hydrogen) atoms. The number of ketones is 3. The summed E-state index contributed by atoms with van der Waals surface area (Å²) in [5.41, 5.74) is 3.04. The zero-order chi connectivity index (χ0) is 12.7. The van der Waals surface area contributed by atoms with Crippen LogP contribution in [0.25, 0.3) is 0 Å². The molecular formula is C15H12O3. The monoisotopic (exact) mass is 240 g/mol. The number of benzene rings is 1. The second-order valence-electron chi connectivity index (χ2n) is 4.77. The van der Waals surface area contributed by atoms with Gasteiger partial charge in [0, 0.05) is 24.0 Å². The van der Waals surface area contributed by atoms with E-state index in [-0.39, 0.29) is 17.3 Å². The van der Waals surface area contributed by atoms with Crippen molar-refractivity contribution in [1.29, 1.82) is 0 Å². The number of rotatable bonds is 0. The van der Waals surface area contributed by atoms with Crippen LogP contribution in [-0.4, -0.2) is 17.3 Å². The van der Waals surface area contributed by atoms with E-state index in [9.17, 15) is 14.4 Å².